The van der Waals surface area contributed by atoms with Crippen LogP contribution in [0.4, 0.5) is 0 Å². The molecule has 0 aromatic carbocycles. The number of rotatable bonds is 3. The molecule has 2 aromatic heterocycles. The zero-order chi connectivity index (χ0) is 13.2. The predicted molar refractivity (Wildman–Crippen MR) is 83.8 cm³/mol. The van der Waals surface area contributed by atoms with Crippen molar-refractivity contribution in [2.45, 2.75) is 45.1 Å². The van der Waals surface area contributed by atoms with Gasteiger partial charge in [0, 0.05) is 19.5 Å². The molecule has 0 radical (unpaired) electrons. The highest BCUT2D eigenvalue weighted by atomic mass is 32.1. The fourth-order valence-electron chi connectivity index (χ4n) is 2.75. The van der Waals surface area contributed by atoms with E-state index in [4.69, 9.17) is 5.84 Å². The molecule has 19 heavy (non-hydrogen) atoms. The summed E-state index contributed by atoms with van der Waals surface area (Å²) >= 11 is 3.78. The van der Waals surface area contributed by atoms with Gasteiger partial charge in [-0.15, -0.1) is 22.7 Å². The van der Waals surface area contributed by atoms with E-state index in [0.717, 1.165) is 0 Å². The van der Waals surface area contributed by atoms with Gasteiger partial charge >= 0.3 is 0 Å². The maximum Gasteiger partial charge on any atom is 0.0894 e. The Morgan fingerprint density at radius 2 is 1.95 bits per heavy atom. The Kier molecular flexibility index (Phi) is 4.03. The van der Waals surface area contributed by atoms with Gasteiger partial charge in [-0.05, 0) is 56.4 Å². The van der Waals surface area contributed by atoms with Crippen LogP contribution in [0.1, 0.15) is 50.4 Å². The minimum Gasteiger partial charge on any atom is -0.271 e. The molecule has 0 fully saturated rings. The van der Waals surface area contributed by atoms with Gasteiger partial charge in [-0.25, -0.2) is 5.43 Å². The van der Waals surface area contributed by atoms with Crippen LogP contribution in [0.25, 0.3) is 0 Å². The number of hydrogen-bond acceptors (Lipinski definition) is 4. The van der Waals surface area contributed by atoms with Gasteiger partial charge in [0.2, 0.25) is 0 Å². The summed E-state index contributed by atoms with van der Waals surface area (Å²) in [6.07, 6.45) is 6.54. The number of aryl methyl sites for hydroxylation is 3. The molecule has 0 saturated carbocycles. The molecule has 0 bridgehead atoms. The third-order valence-electron chi connectivity index (χ3n) is 3.76. The topological polar surface area (TPSA) is 38.0 Å². The average molecular weight is 292 g/mol. The van der Waals surface area contributed by atoms with Gasteiger partial charge in [-0.2, -0.15) is 0 Å². The van der Waals surface area contributed by atoms with Crippen molar-refractivity contribution in [3.05, 3.63) is 43.3 Å². The molecule has 1 atom stereocenters. The smallest absolute Gasteiger partial charge is 0.0894 e. The summed E-state index contributed by atoms with van der Waals surface area (Å²) in [5, 5.41) is 0. The van der Waals surface area contributed by atoms with Crippen molar-refractivity contribution < 1.29 is 0 Å². The zero-order valence-electron chi connectivity index (χ0n) is 11.2. The van der Waals surface area contributed by atoms with Gasteiger partial charge in [-0.1, -0.05) is 6.42 Å². The third-order valence-corrected chi connectivity index (χ3v) is 6.13. The van der Waals surface area contributed by atoms with Crippen LogP contribution in [0.15, 0.2) is 18.2 Å². The summed E-state index contributed by atoms with van der Waals surface area (Å²) in [5.74, 6) is 5.80. The second kappa shape index (κ2) is 5.75. The molecule has 0 amide bonds. The van der Waals surface area contributed by atoms with Crippen molar-refractivity contribution in [2.75, 3.05) is 0 Å². The Bertz CT molecular complexity index is 533. The number of nitrogens with two attached hydrogens (primary N) is 1. The normalized spacial score (nSPS) is 16.9. The van der Waals surface area contributed by atoms with Crippen molar-refractivity contribution in [1.29, 1.82) is 0 Å². The molecular weight excluding hydrogens is 272 g/mol. The van der Waals surface area contributed by atoms with E-state index in [-0.39, 0.29) is 6.04 Å². The van der Waals surface area contributed by atoms with Crippen LogP contribution in [-0.4, -0.2) is 0 Å². The van der Waals surface area contributed by atoms with E-state index in [1.807, 2.05) is 22.7 Å². The summed E-state index contributed by atoms with van der Waals surface area (Å²) in [4.78, 5) is 5.61. The van der Waals surface area contributed by atoms with Crippen LogP contribution in [0.3, 0.4) is 0 Å². The standard InChI is InChI=1S/C15H20N2S2/c1-10-7-8-13(18-10)15(17-16)14-9-11-5-3-2-4-6-12(11)19-14/h7-9,15,17H,2-6,16H2,1H3. The molecule has 1 unspecified atom stereocenters. The number of nitrogens with one attached hydrogen (secondary N) is 1. The van der Waals surface area contributed by atoms with Crippen LogP contribution in [0.5, 0.6) is 0 Å². The Hall–Kier alpha value is -0.680. The van der Waals surface area contributed by atoms with Gasteiger partial charge < -0.3 is 0 Å². The summed E-state index contributed by atoms with van der Waals surface area (Å²) in [5.41, 5.74) is 4.55. The lowest BCUT2D eigenvalue weighted by Gasteiger charge is -2.12. The first-order valence-corrected chi connectivity index (χ1v) is 8.55. The minimum absolute atomic E-state index is 0.163. The lowest BCUT2D eigenvalue weighted by molar-refractivity contribution is 0.655. The van der Waals surface area contributed by atoms with Gasteiger partial charge in [0.25, 0.3) is 0 Å². The Labute approximate surface area is 122 Å². The van der Waals surface area contributed by atoms with Gasteiger partial charge in [0.1, 0.15) is 0 Å². The van der Waals surface area contributed by atoms with E-state index < -0.39 is 0 Å². The van der Waals surface area contributed by atoms with E-state index in [1.54, 1.807) is 10.4 Å². The summed E-state index contributed by atoms with van der Waals surface area (Å²) < 4.78 is 0. The van der Waals surface area contributed by atoms with Crippen molar-refractivity contribution >= 4 is 22.7 Å². The first-order valence-electron chi connectivity index (χ1n) is 6.92. The van der Waals surface area contributed by atoms with Crippen molar-refractivity contribution in [3.8, 4) is 0 Å². The molecule has 2 nitrogen and oxygen atoms in total. The molecule has 1 aliphatic carbocycles. The first-order chi connectivity index (χ1) is 9.28. The molecule has 0 aliphatic heterocycles. The minimum atomic E-state index is 0.163. The first kappa shape index (κ1) is 13.3. The molecular formula is C15H20N2S2. The SMILES string of the molecule is Cc1ccc(C(NN)c2cc3c(s2)CCCCC3)s1. The Morgan fingerprint density at radius 1 is 1.11 bits per heavy atom. The van der Waals surface area contributed by atoms with Crippen LogP contribution in [0, 0.1) is 6.92 Å². The van der Waals surface area contributed by atoms with E-state index in [1.165, 1.54) is 46.7 Å². The van der Waals surface area contributed by atoms with Crippen LogP contribution in [0.2, 0.25) is 0 Å². The zero-order valence-corrected chi connectivity index (χ0v) is 12.9. The molecule has 3 rings (SSSR count). The van der Waals surface area contributed by atoms with E-state index >= 15 is 0 Å². The lowest BCUT2D eigenvalue weighted by Crippen LogP contribution is -2.27. The maximum atomic E-state index is 5.80. The van der Waals surface area contributed by atoms with Crippen molar-refractivity contribution in [2.24, 2.45) is 5.84 Å². The predicted octanol–water partition coefficient (Wildman–Crippen LogP) is 3.94. The molecule has 102 valence electrons. The second-order valence-electron chi connectivity index (χ2n) is 5.21. The lowest BCUT2D eigenvalue weighted by atomic mass is 10.1. The van der Waals surface area contributed by atoms with Crippen LogP contribution < -0.4 is 11.3 Å². The van der Waals surface area contributed by atoms with E-state index in [0.29, 0.717) is 0 Å². The molecule has 1 aliphatic rings. The van der Waals surface area contributed by atoms with Gasteiger partial charge in [-0.3, -0.25) is 5.84 Å². The van der Waals surface area contributed by atoms with Crippen LogP contribution >= 0.6 is 22.7 Å². The molecule has 0 saturated heterocycles. The number of hydrogen-bond donors (Lipinski definition) is 2. The number of hydrazine groups is 1. The Morgan fingerprint density at radius 3 is 2.68 bits per heavy atom. The van der Waals surface area contributed by atoms with Crippen molar-refractivity contribution in [1.82, 2.24) is 5.43 Å². The second-order valence-corrected chi connectivity index (χ2v) is 7.69. The number of fused-ring (bicyclic) bond motifs is 1. The fourth-order valence-corrected chi connectivity index (χ4v) is 5.11. The van der Waals surface area contributed by atoms with Gasteiger partial charge in [0.05, 0.1) is 6.04 Å². The van der Waals surface area contributed by atoms with E-state index in [2.05, 4.69) is 30.5 Å². The third kappa shape index (κ3) is 2.77. The average Bonchev–Trinajstić information content (AvgIpc) is 2.93. The van der Waals surface area contributed by atoms with E-state index in [9.17, 15) is 0 Å². The monoisotopic (exact) mass is 292 g/mol. The highest BCUT2D eigenvalue weighted by Crippen LogP contribution is 2.36. The highest BCUT2D eigenvalue weighted by molar-refractivity contribution is 7.13. The number of thiophene rings is 2. The van der Waals surface area contributed by atoms with Crippen molar-refractivity contribution in [3.63, 3.8) is 0 Å². The quantitative estimate of drug-likeness (QED) is 0.511. The molecule has 3 N–H and O–H groups in total. The molecule has 4 heteroatoms. The summed E-state index contributed by atoms with van der Waals surface area (Å²) in [6, 6.07) is 6.90. The highest BCUT2D eigenvalue weighted by Gasteiger charge is 2.20. The molecule has 2 heterocycles. The largest absolute Gasteiger partial charge is 0.271 e. The fraction of sp³-hybridized carbons (Fsp3) is 0.467. The molecule has 2 aromatic rings. The summed E-state index contributed by atoms with van der Waals surface area (Å²) in [6.45, 7) is 2.14. The summed E-state index contributed by atoms with van der Waals surface area (Å²) in [7, 11) is 0. The van der Waals surface area contributed by atoms with Gasteiger partial charge in [0.15, 0.2) is 0 Å². The maximum absolute atomic E-state index is 5.80. The Balaban J connectivity index is 1.91. The molecule has 0 spiro atoms. The van der Waals surface area contributed by atoms with Crippen LogP contribution in [-0.2, 0) is 12.8 Å².